The Morgan fingerprint density at radius 3 is 2.74 bits per heavy atom. The van der Waals surface area contributed by atoms with Crippen LogP contribution in [0.15, 0.2) is 55.1 Å². The number of benzene rings is 1. The number of anilines is 2. The first-order valence-electron chi connectivity index (χ1n) is 6.47. The zero-order valence-corrected chi connectivity index (χ0v) is 11.5. The molecule has 0 aliphatic heterocycles. The first-order chi connectivity index (χ1) is 10.9. The van der Waals surface area contributed by atoms with Crippen LogP contribution in [0.5, 0.6) is 0 Å². The van der Waals surface area contributed by atoms with Gasteiger partial charge in [0.15, 0.2) is 6.20 Å². The second kappa shape index (κ2) is 5.59. The van der Waals surface area contributed by atoms with Crippen LogP contribution in [0, 0.1) is 5.21 Å². The van der Waals surface area contributed by atoms with Crippen LogP contribution in [0.2, 0.25) is 0 Å². The molecule has 0 aliphatic carbocycles. The van der Waals surface area contributed by atoms with Gasteiger partial charge in [0.25, 0.3) is 0 Å². The zero-order chi connectivity index (χ0) is 16.4. The summed E-state index contributed by atoms with van der Waals surface area (Å²) in [6.45, 7) is 0. The van der Waals surface area contributed by atoms with E-state index in [-0.39, 0.29) is 11.6 Å². The fourth-order valence-electron chi connectivity index (χ4n) is 1.93. The average molecular weight is 321 g/mol. The number of pyridine rings is 1. The molecule has 0 atom stereocenters. The maximum atomic E-state index is 12.7. The Morgan fingerprint density at radius 1 is 1.17 bits per heavy atom. The second-order valence-corrected chi connectivity index (χ2v) is 4.64. The van der Waals surface area contributed by atoms with Gasteiger partial charge in [0.05, 0.1) is 5.56 Å². The van der Waals surface area contributed by atoms with Gasteiger partial charge in [0.2, 0.25) is 12.1 Å². The van der Waals surface area contributed by atoms with Gasteiger partial charge in [-0.05, 0) is 24.3 Å². The quantitative estimate of drug-likeness (QED) is 0.595. The molecular weight excluding hydrogens is 311 g/mol. The monoisotopic (exact) mass is 321 g/mol. The van der Waals surface area contributed by atoms with Crippen molar-refractivity contribution >= 4 is 11.6 Å². The van der Waals surface area contributed by atoms with Crippen LogP contribution >= 0.6 is 0 Å². The smallest absolute Gasteiger partial charge is 0.416 e. The van der Waals surface area contributed by atoms with Crippen LogP contribution in [0.25, 0.3) is 5.69 Å². The van der Waals surface area contributed by atoms with Crippen molar-refractivity contribution in [3.63, 3.8) is 0 Å². The van der Waals surface area contributed by atoms with Gasteiger partial charge < -0.3 is 10.5 Å². The molecule has 9 heteroatoms. The first kappa shape index (κ1) is 14.8. The maximum absolute atomic E-state index is 12.7. The molecule has 0 saturated carbocycles. The van der Waals surface area contributed by atoms with Crippen molar-refractivity contribution in [1.82, 2.24) is 14.8 Å². The molecule has 0 fully saturated rings. The summed E-state index contributed by atoms with van der Waals surface area (Å²) in [5, 5.41) is 18.0. The molecule has 0 aliphatic rings. The van der Waals surface area contributed by atoms with Gasteiger partial charge in [-0.25, -0.2) is 4.68 Å². The molecule has 0 bridgehead atoms. The normalized spacial score (nSPS) is 11.4. The van der Waals surface area contributed by atoms with E-state index in [4.69, 9.17) is 0 Å². The SMILES string of the molecule is [O-][n+]1cccc(-n2cnc(Nc3cccc(C(F)(F)F)c3)n2)c1. The van der Waals surface area contributed by atoms with Gasteiger partial charge in [-0.3, -0.25) is 0 Å². The summed E-state index contributed by atoms with van der Waals surface area (Å²) in [5.41, 5.74) is -0.0750. The Kier molecular flexibility index (Phi) is 3.61. The van der Waals surface area contributed by atoms with Crippen molar-refractivity contribution in [2.24, 2.45) is 0 Å². The molecule has 3 rings (SSSR count). The Balaban J connectivity index is 1.82. The number of aromatic nitrogens is 4. The topological polar surface area (TPSA) is 69.7 Å². The molecule has 23 heavy (non-hydrogen) atoms. The van der Waals surface area contributed by atoms with Gasteiger partial charge in [0.1, 0.15) is 12.0 Å². The van der Waals surface area contributed by atoms with Crippen molar-refractivity contribution < 1.29 is 17.9 Å². The second-order valence-electron chi connectivity index (χ2n) is 4.64. The lowest BCUT2D eigenvalue weighted by Crippen LogP contribution is -2.25. The number of rotatable bonds is 3. The number of halogens is 3. The number of hydrogen-bond donors (Lipinski definition) is 1. The third-order valence-corrected chi connectivity index (χ3v) is 2.96. The number of alkyl halides is 3. The lowest BCUT2D eigenvalue weighted by atomic mass is 10.2. The van der Waals surface area contributed by atoms with Crippen LogP contribution in [0.3, 0.4) is 0 Å². The van der Waals surface area contributed by atoms with E-state index in [0.717, 1.165) is 12.1 Å². The minimum atomic E-state index is -4.42. The summed E-state index contributed by atoms with van der Waals surface area (Å²) in [7, 11) is 0. The van der Waals surface area contributed by atoms with Crippen molar-refractivity contribution in [3.8, 4) is 5.69 Å². The predicted octanol–water partition coefficient (Wildman–Crippen LogP) is 2.66. The number of hydrogen-bond acceptors (Lipinski definition) is 4. The third kappa shape index (κ3) is 3.39. The van der Waals surface area contributed by atoms with E-state index < -0.39 is 11.7 Å². The Labute approximate surface area is 128 Å². The third-order valence-electron chi connectivity index (χ3n) is 2.96. The molecule has 118 valence electrons. The lowest BCUT2D eigenvalue weighted by Gasteiger charge is -2.08. The highest BCUT2D eigenvalue weighted by atomic mass is 19.4. The highest BCUT2D eigenvalue weighted by Crippen LogP contribution is 2.31. The van der Waals surface area contributed by atoms with Crippen LogP contribution in [0.1, 0.15) is 5.56 Å². The summed E-state index contributed by atoms with van der Waals surface area (Å²) < 4.78 is 40.0. The maximum Gasteiger partial charge on any atom is 0.416 e. The van der Waals surface area contributed by atoms with E-state index >= 15 is 0 Å². The minimum absolute atomic E-state index is 0.116. The Morgan fingerprint density at radius 2 is 2.00 bits per heavy atom. The van der Waals surface area contributed by atoms with Gasteiger partial charge in [-0.1, -0.05) is 6.07 Å². The Hall–Kier alpha value is -3.10. The van der Waals surface area contributed by atoms with Gasteiger partial charge >= 0.3 is 6.18 Å². The zero-order valence-electron chi connectivity index (χ0n) is 11.5. The van der Waals surface area contributed by atoms with E-state index in [1.165, 1.54) is 35.5 Å². The van der Waals surface area contributed by atoms with Crippen LogP contribution in [-0.4, -0.2) is 14.8 Å². The molecule has 2 aromatic heterocycles. The van der Waals surface area contributed by atoms with Crippen LogP contribution in [-0.2, 0) is 6.18 Å². The summed E-state index contributed by atoms with van der Waals surface area (Å²) in [4.78, 5) is 3.96. The summed E-state index contributed by atoms with van der Waals surface area (Å²) in [6, 6.07) is 7.91. The molecule has 6 nitrogen and oxygen atoms in total. The standard InChI is InChI=1S/C14H10F3N5O/c15-14(16,17)10-3-1-4-11(7-10)19-13-18-9-22(20-13)12-5-2-6-21(23)8-12/h1-9H,(H,19,20). The van der Waals surface area contributed by atoms with Crippen molar-refractivity contribution in [2.45, 2.75) is 6.18 Å². The van der Waals surface area contributed by atoms with E-state index in [1.54, 1.807) is 12.1 Å². The number of nitrogens with one attached hydrogen (secondary N) is 1. The molecular formula is C14H10F3N5O. The van der Waals surface area contributed by atoms with Crippen LogP contribution < -0.4 is 10.0 Å². The fourth-order valence-corrected chi connectivity index (χ4v) is 1.93. The molecule has 2 heterocycles. The molecule has 1 N–H and O–H groups in total. The summed E-state index contributed by atoms with van der Waals surface area (Å²) in [5.74, 6) is 0.116. The summed E-state index contributed by atoms with van der Waals surface area (Å²) >= 11 is 0. The molecule has 0 saturated heterocycles. The molecule has 0 amide bonds. The van der Waals surface area contributed by atoms with Gasteiger partial charge in [0, 0.05) is 11.8 Å². The first-order valence-corrected chi connectivity index (χ1v) is 6.47. The van der Waals surface area contributed by atoms with Gasteiger partial charge in [-0.15, -0.1) is 5.10 Å². The van der Waals surface area contributed by atoms with Gasteiger partial charge in [-0.2, -0.15) is 22.9 Å². The molecule has 0 radical (unpaired) electrons. The molecule has 3 aromatic rings. The van der Waals surface area contributed by atoms with E-state index in [0.29, 0.717) is 10.4 Å². The molecule has 0 spiro atoms. The summed E-state index contributed by atoms with van der Waals surface area (Å²) in [6.07, 6.45) is -0.452. The van der Waals surface area contributed by atoms with Crippen molar-refractivity contribution in [3.05, 3.63) is 65.9 Å². The average Bonchev–Trinajstić information content (AvgIpc) is 2.95. The molecule has 1 aromatic carbocycles. The van der Waals surface area contributed by atoms with Crippen molar-refractivity contribution in [2.75, 3.05) is 5.32 Å². The van der Waals surface area contributed by atoms with E-state index in [9.17, 15) is 18.4 Å². The minimum Gasteiger partial charge on any atom is -0.619 e. The van der Waals surface area contributed by atoms with E-state index in [2.05, 4.69) is 15.4 Å². The lowest BCUT2D eigenvalue weighted by molar-refractivity contribution is -0.605. The molecule has 0 unspecified atom stereocenters. The fraction of sp³-hybridized carbons (Fsp3) is 0.0714. The predicted molar refractivity (Wildman–Crippen MR) is 75.0 cm³/mol. The highest BCUT2D eigenvalue weighted by Gasteiger charge is 2.30. The van der Waals surface area contributed by atoms with Crippen LogP contribution in [0.4, 0.5) is 24.8 Å². The highest BCUT2D eigenvalue weighted by molar-refractivity contribution is 5.54. The van der Waals surface area contributed by atoms with E-state index in [1.807, 2.05) is 0 Å². The number of nitrogens with zero attached hydrogens (tertiary/aromatic N) is 4. The largest absolute Gasteiger partial charge is 0.619 e. The van der Waals surface area contributed by atoms with Crippen molar-refractivity contribution in [1.29, 1.82) is 0 Å². The Bertz CT molecular complexity index is 831.